The molecule has 1 saturated heterocycles. The maximum Gasteiger partial charge on any atom is 0.226 e. The third kappa shape index (κ3) is 2.65. The Morgan fingerprint density at radius 2 is 1.76 bits per heavy atom. The number of hydrogen-bond acceptors (Lipinski definition) is 2. The first-order valence-electron chi connectivity index (χ1n) is 7.14. The summed E-state index contributed by atoms with van der Waals surface area (Å²) in [7, 11) is 0. The van der Waals surface area contributed by atoms with Crippen LogP contribution in [0.4, 0.5) is 0 Å². The average molecular weight is 238 g/mol. The second-order valence-corrected chi connectivity index (χ2v) is 6.11. The average Bonchev–Trinajstić information content (AvgIpc) is 2.79. The third-order valence-corrected chi connectivity index (χ3v) is 4.84. The fourth-order valence-electron chi connectivity index (χ4n) is 3.30. The van der Waals surface area contributed by atoms with Crippen LogP contribution in [0.1, 0.15) is 58.8 Å². The predicted octanol–water partition coefficient (Wildman–Crippen LogP) is 2.22. The van der Waals surface area contributed by atoms with E-state index in [1.54, 1.807) is 0 Å². The van der Waals surface area contributed by atoms with Crippen LogP contribution in [-0.4, -0.2) is 24.5 Å². The van der Waals surface area contributed by atoms with Crippen LogP contribution >= 0.6 is 0 Å². The van der Waals surface area contributed by atoms with Gasteiger partial charge in [0.1, 0.15) is 0 Å². The quantitative estimate of drug-likeness (QED) is 0.791. The summed E-state index contributed by atoms with van der Waals surface area (Å²) in [6, 6.07) is 0. The summed E-state index contributed by atoms with van der Waals surface area (Å²) in [6.07, 6.45) is 7.72. The van der Waals surface area contributed by atoms with Gasteiger partial charge in [-0.25, -0.2) is 0 Å². The highest BCUT2D eigenvalue weighted by atomic mass is 16.2. The van der Waals surface area contributed by atoms with Crippen LogP contribution in [0.5, 0.6) is 0 Å². The van der Waals surface area contributed by atoms with Crippen LogP contribution in [0.2, 0.25) is 0 Å². The number of carbonyl (C=O) groups excluding carboxylic acids is 1. The lowest BCUT2D eigenvalue weighted by Crippen LogP contribution is -2.55. The van der Waals surface area contributed by atoms with Crippen molar-refractivity contribution in [2.45, 2.75) is 64.3 Å². The summed E-state index contributed by atoms with van der Waals surface area (Å²) >= 11 is 0. The fourth-order valence-corrected chi connectivity index (χ4v) is 3.30. The lowest BCUT2D eigenvalue weighted by atomic mass is 9.80. The van der Waals surface area contributed by atoms with Crippen LogP contribution in [0.15, 0.2) is 0 Å². The van der Waals surface area contributed by atoms with E-state index in [9.17, 15) is 4.79 Å². The molecule has 0 unspecified atom stereocenters. The van der Waals surface area contributed by atoms with E-state index in [0.717, 1.165) is 45.2 Å². The van der Waals surface area contributed by atoms with E-state index in [-0.39, 0.29) is 11.0 Å². The second-order valence-electron chi connectivity index (χ2n) is 6.11. The van der Waals surface area contributed by atoms with Crippen molar-refractivity contribution in [2.24, 2.45) is 5.41 Å². The zero-order valence-electron chi connectivity index (χ0n) is 11.3. The molecule has 98 valence electrons. The number of rotatable bonds is 3. The van der Waals surface area contributed by atoms with Gasteiger partial charge in [-0.15, -0.1) is 0 Å². The molecule has 17 heavy (non-hydrogen) atoms. The van der Waals surface area contributed by atoms with Crippen molar-refractivity contribution in [3.05, 3.63) is 0 Å². The Bertz CT molecular complexity index is 276. The number of nitrogens with one attached hydrogen (secondary N) is 2. The molecule has 2 rings (SSSR count). The Hall–Kier alpha value is -0.570. The smallest absolute Gasteiger partial charge is 0.226 e. The van der Waals surface area contributed by atoms with Gasteiger partial charge in [0.25, 0.3) is 0 Å². The Balaban J connectivity index is 1.99. The number of hydrogen-bond donors (Lipinski definition) is 2. The van der Waals surface area contributed by atoms with Gasteiger partial charge in [-0.2, -0.15) is 0 Å². The molecule has 1 heterocycles. The maximum atomic E-state index is 12.5. The van der Waals surface area contributed by atoms with Crippen molar-refractivity contribution in [3.8, 4) is 0 Å². The van der Waals surface area contributed by atoms with Gasteiger partial charge in [-0.3, -0.25) is 4.79 Å². The topological polar surface area (TPSA) is 41.1 Å². The number of piperidine rings is 1. The summed E-state index contributed by atoms with van der Waals surface area (Å²) in [5, 5.41) is 6.70. The lowest BCUT2D eigenvalue weighted by molar-refractivity contribution is -0.133. The zero-order chi connectivity index (χ0) is 12.4. The molecule has 0 aromatic heterocycles. The van der Waals surface area contributed by atoms with Crippen molar-refractivity contribution in [2.75, 3.05) is 13.1 Å². The normalized spacial score (nSPS) is 26.7. The Labute approximate surface area is 105 Å². The van der Waals surface area contributed by atoms with Crippen LogP contribution < -0.4 is 10.6 Å². The summed E-state index contributed by atoms with van der Waals surface area (Å²) < 4.78 is 0. The van der Waals surface area contributed by atoms with Gasteiger partial charge in [0, 0.05) is 11.0 Å². The van der Waals surface area contributed by atoms with Gasteiger partial charge in [-0.05, 0) is 52.1 Å². The molecule has 2 fully saturated rings. The first kappa shape index (κ1) is 12.9. The highest BCUT2D eigenvalue weighted by Gasteiger charge is 2.42. The molecular formula is C14H26N2O. The maximum absolute atomic E-state index is 12.5. The molecule has 0 atom stereocenters. The molecule has 2 aliphatic rings. The molecule has 2 N–H and O–H groups in total. The molecule has 0 aromatic rings. The van der Waals surface area contributed by atoms with Crippen molar-refractivity contribution in [3.63, 3.8) is 0 Å². The summed E-state index contributed by atoms with van der Waals surface area (Å²) in [4.78, 5) is 12.5. The van der Waals surface area contributed by atoms with Gasteiger partial charge in [-0.1, -0.05) is 19.8 Å². The first-order valence-corrected chi connectivity index (χ1v) is 7.14. The monoisotopic (exact) mass is 238 g/mol. The van der Waals surface area contributed by atoms with E-state index in [2.05, 4.69) is 24.5 Å². The molecule has 3 heteroatoms. The van der Waals surface area contributed by atoms with Gasteiger partial charge >= 0.3 is 0 Å². The summed E-state index contributed by atoms with van der Waals surface area (Å²) in [5.41, 5.74) is -0.0268. The standard InChI is InChI=1S/C14H26N2O/c1-3-14(6-4-5-7-14)12(17)16-13(2)8-10-15-11-9-13/h15H,3-11H2,1-2H3,(H,16,17). The number of amides is 1. The predicted molar refractivity (Wildman–Crippen MR) is 69.8 cm³/mol. The van der Waals surface area contributed by atoms with E-state index in [1.807, 2.05) is 0 Å². The summed E-state index contributed by atoms with van der Waals surface area (Å²) in [5.74, 6) is 0.321. The second kappa shape index (κ2) is 4.97. The van der Waals surface area contributed by atoms with Crippen molar-refractivity contribution in [1.29, 1.82) is 0 Å². The highest BCUT2D eigenvalue weighted by molar-refractivity contribution is 5.83. The van der Waals surface area contributed by atoms with Crippen LogP contribution in [0.25, 0.3) is 0 Å². The largest absolute Gasteiger partial charge is 0.350 e. The molecule has 1 aliphatic carbocycles. The SMILES string of the molecule is CCC1(C(=O)NC2(C)CCNCC2)CCCC1. The van der Waals surface area contributed by atoms with E-state index >= 15 is 0 Å². The minimum absolute atomic E-state index is 0.0209. The van der Waals surface area contributed by atoms with Gasteiger partial charge in [0.15, 0.2) is 0 Å². The molecule has 0 spiro atoms. The molecule has 0 radical (unpaired) electrons. The third-order valence-electron chi connectivity index (χ3n) is 4.84. The minimum atomic E-state index is -0.0477. The molecule has 1 aliphatic heterocycles. The van der Waals surface area contributed by atoms with Crippen molar-refractivity contribution < 1.29 is 4.79 Å². The van der Waals surface area contributed by atoms with Crippen LogP contribution in [0, 0.1) is 5.41 Å². The first-order chi connectivity index (χ1) is 8.10. The molecule has 1 saturated carbocycles. The van der Waals surface area contributed by atoms with E-state index in [4.69, 9.17) is 0 Å². The van der Waals surface area contributed by atoms with E-state index in [1.165, 1.54) is 12.8 Å². The lowest BCUT2D eigenvalue weighted by Gasteiger charge is -2.38. The summed E-state index contributed by atoms with van der Waals surface area (Å²) in [6.45, 7) is 6.41. The van der Waals surface area contributed by atoms with Gasteiger partial charge in [0.05, 0.1) is 0 Å². The Kier molecular flexibility index (Phi) is 3.76. The van der Waals surface area contributed by atoms with Crippen molar-refractivity contribution >= 4 is 5.91 Å². The molecule has 3 nitrogen and oxygen atoms in total. The van der Waals surface area contributed by atoms with E-state index < -0.39 is 0 Å². The zero-order valence-corrected chi connectivity index (χ0v) is 11.3. The Morgan fingerprint density at radius 3 is 2.29 bits per heavy atom. The molecular weight excluding hydrogens is 212 g/mol. The number of carbonyl (C=O) groups is 1. The van der Waals surface area contributed by atoms with Crippen LogP contribution in [0.3, 0.4) is 0 Å². The van der Waals surface area contributed by atoms with Crippen LogP contribution in [-0.2, 0) is 4.79 Å². The molecule has 0 aromatic carbocycles. The Morgan fingerprint density at radius 1 is 1.18 bits per heavy atom. The highest BCUT2D eigenvalue weighted by Crippen LogP contribution is 2.41. The van der Waals surface area contributed by atoms with Gasteiger partial charge in [0.2, 0.25) is 5.91 Å². The molecule has 0 bridgehead atoms. The fraction of sp³-hybridized carbons (Fsp3) is 0.929. The van der Waals surface area contributed by atoms with Crippen molar-refractivity contribution in [1.82, 2.24) is 10.6 Å². The minimum Gasteiger partial charge on any atom is -0.350 e. The molecule has 1 amide bonds. The van der Waals surface area contributed by atoms with Gasteiger partial charge < -0.3 is 10.6 Å². The van der Waals surface area contributed by atoms with E-state index in [0.29, 0.717) is 5.91 Å².